The summed E-state index contributed by atoms with van der Waals surface area (Å²) in [6.45, 7) is 0.714. The van der Waals surface area contributed by atoms with Crippen LogP contribution in [0.1, 0.15) is 32.1 Å². The van der Waals surface area contributed by atoms with Gasteiger partial charge in [-0.3, -0.25) is 9.59 Å². The van der Waals surface area contributed by atoms with Crippen molar-refractivity contribution in [2.75, 3.05) is 18.4 Å². The van der Waals surface area contributed by atoms with Gasteiger partial charge >= 0.3 is 0 Å². The Bertz CT molecular complexity index is 514. The van der Waals surface area contributed by atoms with Gasteiger partial charge in [-0.1, -0.05) is 36.0 Å². The van der Waals surface area contributed by atoms with Gasteiger partial charge < -0.3 is 10.2 Å². The summed E-state index contributed by atoms with van der Waals surface area (Å²) in [5.74, 6) is -0.184. The van der Waals surface area contributed by atoms with Gasteiger partial charge in [0.2, 0.25) is 11.8 Å². The van der Waals surface area contributed by atoms with Gasteiger partial charge in [-0.25, -0.2) is 0 Å². The highest BCUT2D eigenvalue weighted by atomic mass is 35.5. The van der Waals surface area contributed by atoms with E-state index in [1.165, 1.54) is 0 Å². The minimum absolute atomic E-state index is 0.0500. The van der Waals surface area contributed by atoms with Crippen molar-refractivity contribution in [1.82, 2.24) is 4.90 Å². The van der Waals surface area contributed by atoms with Crippen LogP contribution in [0.25, 0.3) is 0 Å². The maximum absolute atomic E-state index is 12.1. The van der Waals surface area contributed by atoms with Crippen molar-refractivity contribution >= 4 is 40.7 Å². The second-order valence-corrected chi connectivity index (χ2v) is 6.06. The molecule has 0 saturated carbocycles. The predicted molar refractivity (Wildman–Crippen MR) is 84.8 cm³/mol. The average Bonchev–Trinajstić information content (AvgIpc) is 2.37. The summed E-state index contributed by atoms with van der Waals surface area (Å²) in [5, 5.41) is 3.64. The molecule has 0 aromatic heterocycles. The van der Waals surface area contributed by atoms with Crippen molar-refractivity contribution in [2.45, 2.75) is 32.1 Å². The van der Waals surface area contributed by atoms with Gasteiger partial charge in [-0.2, -0.15) is 0 Å². The molecular formula is C15H18Cl2N2O2. The minimum Gasteiger partial charge on any atom is -0.333 e. The van der Waals surface area contributed by atoms with E-state index in [2.05, 4.69) is 5.32 Å². The van der Waals surface area contributed by atoms with Crippen molar-refractivity contribution in [2.24, 2.45) is 0 Å². The molecule has 1 aromatic carbocycles. The van der Waals surface area contributed by atoms with Crippen LogP contribution in [0.15, 0.2) is 18.2 Å². The number of carbonyl (C=O) groups excluding carboxylic acids is 2. The zero-order chi connectivity index (χ0) is 15.2. The zero-order valence-corrected chi connectivity index (χ0v) is 13.2. The highest BCUT2D eigenvalue weighted by Gasteiger charge is 2.18. The summed E-state index contributed by atoms with van der Waals surface area (Å²) >= 11 is 11.8. The molecule has 21 heavy (non-hydrogen) atoms. The molecule has 1 N–H and O–H groups in total. The molecule has 2 amide bonds. The molecule has 0 radical (unpaired) electrons. The van der Waals surface area contributed by atoms with E-state index in [1.54, 1.807) is 23.1 Å². The number of rotatable bonds is 3. The average molecular weight is 329 g/mol. The normalized spacial score (nSPS) is 16.3. The van der Waals surface area contributed by atoms with Gasteiger partial charge in [-0.05, 0) is 31.0 Å². The quantitative estimate of drug-likeness (QED) is 0.919. The Labute approximate surface area is 134 Å². The van der Waals surface area contributed by atoms with E-state index >= 15 is 0 Å². The molecule has 6 heteroatoms. The summed E-state index contributed by atoms with van der Waals surface area (Å²) in [5.41, 5.74) is 0.539. The predicted octanol–water partition coefficient (Wildman–Crippen LogP) is 3.72. The van der Waals surface area contributed by atoms with Gasteiger partial charge in [0.05, 0.1) is 6.54 Å². The largest absolute Gasteiger partial charge is 0.333 e. The maximum Gasteiger partial charge on any atom is 0.243 e. The van der Waals surface area contributed by atoms with Crippen molar-refractivity contribution < 1.29 is 9.59 Å². The Balaban J connectivity index is 1.94. The fourth-order valence-corrected chi connectivity index (χ4v) is 2.91. The summed E-state index contributed by atoms with van der Waals surface area (Å²) in [6, 6.07) is 4.85. The van der Waals surface area contributed by atoms with Crippen molar-refractivity contribution in [3.8, 4) is 0 Å². The number of anilines is 1. The lowest BCUT2D eigenvalue weighted by molar-refractivity contribution is -0.135. The van der Waals surface area contributed by atoms with Gasteiger partial charge in [0.1, 0.15) is 0 Å². The molecule has 0 aliphatic carbocycles. The second kappa shape index (κ2) is 7.66. The lowest BCUT2D eigenvalue weighted by Gasteiger charge is -2.24. The zero-order valence-electron chi connectivity index (χ0n) is 11.7. The first-order valence-corrected chi connectivity index (χ1v) is 7.84. The molecule has 4 nitrogen and oxygen atoms in total. The SMILES string of the molecule is O=C(CN1CCCCCCC1=O)Nc1cc(Cl)cc(Cl)c1. The van der Waals surface area contributed by atoms with Crippen LogP contribution >= 0.6 is 23.2 Å². The lowest BCUT2D eigenvalue weighted by Crippen LogP contribution is -2.39. The summed E-state index contributed by atoms with van der Waals surface area (Å²) < 4.78 is 0. The molecule has 0 bridgehead atoms. The van der Waals surface area contributed by atoms with Gasteiger partial charge in [0, 0.05) is 28.7 Å². The minimum atomic E-state index is -0.234. The number of hydrogen-bond donors (Lipinski definition) is 1. The molecule has 114 valence electrons. The number of hydrogen-bond acceptors (Lipinski definition) is 2. The van der Waals surface area contributed by atoms with Crippen LogP contribution in [-0.4, -0.2) is 29.8 Å². The first kappa shape index (κ1) is 16.1. The third kappa shape index (κ3) is 5.21. The van der Waals surface area contributed by atoms with Crippen LogP contribution in [0.4, 0.5) is 5.69 Å². The number of likely N-dealkylation sites (tertiary alicyclic amines) is 1. The first-order chi connectivity index (χ1) is 10.0. The van der Waals surface area contributed by atoms with E-state index in [9.17, 15) is 9.59 Å². The Morgan fingerprint density at radius 2 is 1.76 bits per heavy atom. The van der Waals surface area contributed by atoms with Crippen molar-refractivity contribution in [1.29, 1.82) is 0 Å². The van der Waals surface area contributed by atoms with Crippen LogP contribution in [0.3, 0.4) is 0 Å². The fraction of sp³-hybridized carbons (Fsp3) is 0.467. The molecule has 1 saturated heterocycles. The Morgan fingerprint density at radius 1 is 1.10 bits per heavy atom. The monoisotopic (exact) mass is 328 g/mol. The second-order valence-electron chi connectivity index (χ2n) is 5.19. The molecule has 1 aliphatic heterocycles. The maximum atomic E-state index is 12.1. The molecule has 1 fully saturated rings. The smallest absolute Gasteiger partial charge is 0.243 e. The molecule has 0 spiro atoms. The number of carbonyl (C=O) groups is 2. The van der Waals surface area contributed by atoms with Crippen LogP contribution in [0.5, 0.6) is 0 Å². The lowest BCUT2D eigenvalue weighted by atomic mass is 10.1. The van der Waals surface area contributed by atoms with E-state index in [1.807, 2.05) is 0 Å². The molecule has 1 heterocycles. The topological polar surface area (TPSA) is 49.4 Å². The Kier molecular flexibility index (Phi) is 5.88. The van der Waals surface area contributed by atoms with Crippen molar-refractivity contribution in [3.63, 3.8) is 0 Å². The Morgan fingerprint density at radius 3 is 2.48 bits per heavy atom. The number of benzene rings is 1. The summed E-state index contributed by atoms with van der Waals surface area (Å²) in [4.78, 5) is 25.6. The standard InChI is InChI=1S/C15H18Cl2N2O2/c16-11-7-12(17)9-13(8-11)18-14(20)10-19-6-4-2-1-3-5-15(19)21/h7-9H,1-6,10H2,(H,18,20). The van der Waals surface area contributed by atoms with E-state index in [4.69, 9.17) is 23.2 Å². The van der Waals surface area contributed by atoms with Gasteiger partial charge in [0.25, 0.3) is 0 Å². The van der Waals surface area contributed by atoms with E-state index in [-0.39, 0.29) is 18.4 Å². The summed E-state index contributed by atoms with van der Waals surface area (Å²) in [6.07, 6.45) is 4.57. The fourth-order valence-electron chi connectivity index (χ4n) is 2.38. The third-order valence-electron chi connectivity index (χ3n) is 3.40. The van der Waals surface area contributed by atoms with E-state index in [0.29, 0.717) is 28.7 Å². The van der Waals surface area contributed by atoms with Gasteiger partial charge in [-0.15, -0.1) is 0 Å². The Hall–Kier alpha value is -1.26. The number of nitrogens with zero attached hydrogens (tertiary/aromatic N) is 1. The molecule has 1 aliphatic rings. The molecular weight excluding hydrogens is 311 g/mol. The van der Waals surface area contributed by atoms with E-state index in [0.717, 1.165) is 25.7 Å². The van der Waals surface area contributed by atoms with Crippen LogP contribution in [0, 0.1) is 0 Å². The van der Waals surface area contributed by atoms with Crippen LogP contribution in [0.2, 0.25) is 10.0 Å². The van der Waals surface area contributed by atoms with Crippen LogP contribution < -0.4 is 5.32 Å². The van der Waals surface area contributed by atoms with Crippen molar-refractivity contribution in [3.05, 3.63) is 28.2 Å². The van der Waals surface area contributed by atoms with Crippen LogP contribution in [-0.2, 0) is 9.59 Å². The highest BCUT2D eigenvalue weighted by Crippen LogP contribution is 2.22. The molecule has 0 atom stereocenters. The summed E-state index contributed by atoms with van der Waals surface area (Å²) in [7, 11) is 0. The molecule has 1 aromatic rings. The highest BCUT2D eigenvalue weighted by molar-refractivity contribution is 6.35. The first-order valence-electron chi connectivity index (χ1n) is 7.08. The number of amides is 2. The third-order valence-corrected chi connectivity index (χ3v) is 3.84. The number of halogens is 2. The van der Waals surface area contributed by atoms with E-state index < -0.39 is 0 Å². The van der Waals surface area contributed by atoms with Gasteiger partial charge in [0.15, 0.2) is 0 Å². The molecule has 2 rings (SSSR count). The number of nitrogens with one attached hydrogen (secondary N) is 1. The molecule has 0 unspecified atom stereocenters.